The lowest BCUT2D eigenvalue weighted by molar-refractivity contribution is -0.384. The fourth-order valence-corrected chi connectivity index (χ4v) is 2.37. The number of esters is 1. The molecule has 26 heavy (non-hydrogen) atoms. The van der Waals surface area contributed by atoms with Crippen molar-refractivity contribution in [2.24, 2.45) is 0 Å². The fraction of sp³-hybridized carbons (Fsp3) is 0.263. The van der Waals surface area contributed by atoms with Gasteiger partial charge in [-0.3, -0.25) is 14.9 Å². The number of nitro groups is 1. The SMILES string of the molecule is CCc1ccc([C@H](C)NC(=O)COC(=O)c2cccc([N+](=O)[O-])c2)cc1. The van der Waals surface area contributed by atoms with E-state index in [9.17, 15) is 19.7 Å². The second-order valence-corrected chi connectivity index (χ2v) is 5.77. The maximum absolute atomic E-state index is 12.0. The molecule has 136 valence electrons. The van der Waals surface area contributed by atoms with Gasteiger partial charge in [0.15, 0.2) is 6.61 Å². The maximum atomic E-state index is 12.0. The van der Waals surface area contributed by atoms with Gasteiger partial charge in [-0.1, -0.05) is 37.3 Å². The normalized spacial score (nSPS) is 11.5. The van der Waals surface area contributed by atoms with Crippen LogP contribution >= 0.6 is 0 Å². The lowest BCUT2D eigenvalue weighted by Gasteiger charge is -2.15. The highest BCUT2D eigenvalue weighted by molar-refractivity contribution is 5.91. The monoisotopic (exact) mass is 356 g/mol. The van der Waals surface area contributed by atoms with Crippen LogP contribution in [0.2, 0.25) is 0 Å². The number of carbonyl (C=O) groups is 2. The van der Waals surface area contributed by atoms with Crippen LogP contribution in [0.15, 0.2) is 48.5 Å². The Morgan fingerprint density at radius 2 is 1.88 bits per heavy atom. The number of non-ortho nitro benzene ring substituents is 1. The highest BCUT2D eigenvalue weighted by Gasteiger charge is 2.15. The van der Waals surface area contributed by atoms with E-state index in [4.69, 9.17) is 4.74 Å². The Labute approximate surface area is 151 Å². The summed E-state index contributed by atoms with van der Waals surface area (Å²) in [5.41, 5.74) is 1.96. The molecule has 7 nitrogen and oxygen atoms in total. The summed E-state index contributed by atoms with van der Waals surface area (Å²) in [5, 5.41) is 13.5. The second kappa shape index (κ2) is 8.75. The molecule has 2 rings (SSSR count). The van der Waals surface area contributed by atoms with Gasteiger partial charge in [0.1, 0.15) is 0 Å². The number of hydrogen-bond donors (Lipinski definition) is 1. The van der Waals surface area contributed by atoms with Gasteiger partial charge in [0.25, 0.3) is 11.6 Å². The lowest BCUT2D eigenvalue weighted by atomic mass is 10.1. The van der Waals surface area contributed by atoms with Gasteiger partial charge in [-0.15, -0.1) is 0 Å². The Morgan fingerprint density at radius 3 is 2.50 bits per heavy atom. The summed E-state index contributed by atoms with van der Waals surface area (Å²) in [7, 11) is 0. The van der Waals surface area contributed by atoms with E-state index in [0.29, 0.717) is 0 Å². The molecule has 1 atom stereocenters. The van der Waals surface area contributed by atoms with Crippen LogP contribution in [0.3, 0.4) is 0 Å². The number of benzene rings is 2. The molecule has 2 aromatic carbocycles. The van der Waals surface area contributed by atoms with Crippen molar-refractivity contribution >= 4 is 17.6 Å². The van der Waals surface area contributed by atoms with Crippen LogP contribution in [-0.4, -0.2) is 23.4 Å². The molecule has 0 spiro atoms. The third-order valence-corrected chi connectivity index (χ3v) is 3.89. The second-order valence-electron chi connectivity index (χ2n) is 5.77. The van der Waals surface area contributed by atoms with Crippen LogP contribution in [0.5, 0.6) is 0 Å². The summed E-state index contributed by atoms with van der Waals surface area (Å²) >= 11 is 0. The van der Waals surface area contributed by atoms with Crippen molar-refractivity contribution in [3.05, 3.63) is 75.3 Å². The van der Waals surface area contributed by atoms with Gasteiger partial charge in [0.05, 0.1) is 16.5 Å². The molecule has 0 aliphatic rings. The van der Waals surface area contributed by atoms with Gasteiger partial charge in [0, 0.05) is 12.1 Å². The predicted molar refractivity (Wildman–Crippen MR) is 95.8 cm³/mol. The molecular formula is C19H20N2O5. The number of amides is 1. The van der Waals surface area contributed by atoms with Gasteiger partial charge in [-0.2, -0.15) is 0 Å². The third kappa shape index (κ3) is 5.14. The van der Waals surface area contributed by atoms with E-state index >= 15 is 0 Å². The molecule has 0 heterocycles. The minimum Gasteiger partial charge on any atom is -0.452 e. The van der Waals surface area contributed by atoms with E-state index in [1.165, 1.54) is 23.8 Å². The Bertz CT molecular complexity index is 802. The van der Waals surface area contributed by atoms with Crippen LogP contribution < -0.4 is 5.32 Å². The van der Waals surface area contributed by atoms with Crippen molar-refractivity contribution in [3.63, 3.8) is 0 Å². The number of rotatable bonds is 7. The molecule has 0 aliphatic heterocycles. The molecule has 7 heteroatoms. The molecule has 0 saturated heterocycles. The number of ether oxygens (including phenoxy) is 1. The lowest BCUT2D eigenvalue weighted by Crippen LogP contribution is -2.31. The Morgan fingerprint density at radius 1 is 1.19 bits per heavy atom. The van der Waals surface area contributed by atoms with Crippen LogP contribution in [0.4, 0.5) is 5.69 Å². The molecule has 0 saturated carbocycles. The van der Waals surface area contributed by atoms with E-state index in [0.717, 1.165) is 18.1 Å². The molecule has 1 N–H and O–H groups in total. The highest BCUT2D eigenvalue weighted by atomic mass is 16.6. The van der Waals surface area contributed by atoms with Crippen molar-refractivity contribution in [2.75, 3.05) is 6.61 Å². The fourth-order valence-electron chi connectivity index (χ4n) is 2.37. The minimum atomic E-state index is -0.788. The van der Waals surface area contributed by atoms with Gasteiger partial charge in [0.2, 0.25) is 0 Å². The van der Waals surface area contributed by atoms with Crippen LogP contribution in [0.1, 0.15) is 41.4 Å². The van der Waals surface area contributed by atoms with Gasteiger partial charge < -0.3 is 10.1 Å². The van der Waals surface area contributed by atoms with E-state index in [2.05, 4.69) is 12.2 Å². The number of carbonyl (C=O) groups excluding carboxylic acids is 2. The van der Waals surface area contributed by atoms with E-state index in [1.54, 1.807) is 0 Å². The topological polar surface area (TPSA) is 98.5 Å². The average molecular weight is 356 g/mol. The largest absolute Gasteiger partial charge is 0.452 e. The van der Waals surface area contributed by atoms with E-state index in [-0.39, 0.29) is 17.3 Å². The standard InChI is InChI=1S/C19H20N2O5/c1-3-14-7-9-15(10-8-14)13(2)20-18(22)12-26-19(23)16-5-4-6-17(11-16)21(24)25/h4-11,13H,3,12H2,1-2H3,(H,20,22)/t13-/m0/s1. The molecule has 2 aromatic rings. The van der Waals surface area contributed by atoms with Gasteiger partial charge in [-0.05, 0) is 30.5 Å². The first-order valence-corrected chi connectivity index (χ1v) is 8.20. The number of nitro benzene ring substituents is 1. The first kappa shape index (κ1) is 19.1. The zero-order chi connectivity index (χ0) is 19.1. The minimum absolute atomic E-state index is 0.0233. The summed E-state index contributed by atoms with van der Waals surface area (Å²) in [4.78, 5) is 34.0. The van der Waals surface area contributed by atoms with Gasteiger partial charge in [-0.25, -0.2) is 4.79 Å². The Balaban J connectivity index is 1.88. The maximum Gasteiger partial charge on any atom is 0.338 e. The first-order valence-electron chi connectivity index (χ1n) is 8.20. The quantitative estimate of drug-likeness (QED) is 0.467. The zero-order valence-electron chi connectivity index (χ0n) is 14.6. The molecule has 0 fully saturated rings. The van der Waals surface area contributed by atoms with Crippen LogP contribution in [-0.2, 0) is 16.0 Å². The van der Waals surface area contributed by atoms with E-state index in [1.807, 2.05) is 31.2 Å². The Kier molecular flexibility index (Phi) is 6.43. The zero-order valence-corrected chi connectivity index (χ0v) is 14.6. The van der Waals surface area contributed by atoms with E-state index < -0.39 is 23.4 Å². The Hall–Kier alpha value is -3.22. The number of aryl methyl sites for hydroxylation is 1. The van der Waals surface area contributed by atoms with Gasteiger partial charge >= 0.3 is 5.97 Å². The van der Waals surface area contributed by atoms with Crippen LogP contribution in [0, 0.1) is 10.1 Å². The predicted octanol–water partition coefficient (Wildman–Crippen LogP) is 3.19. The molecular weight excluding hydrogens is 336 g/mol. The summed E-state index contributed by atoms with van der Waals surface area (Å²) in [5.74, 6) is -1.24. The van der Waals surface area contributed by atoms with Crippen molar-refractivity contribution in [2.45, 2.75) is 26.3 Å². The van der Waals surface area contributed by atoms with Crippen LogP contribution in [0.25, 0.3) is 0 Å². The summed E-state index contributed by atoms with van der Waals surface area (Å²) in [6, 6.07) is 12.8. The third-order valence-electron chi connectivity index (χ3n) is 3.89. The number of nitrogens with one attached hydrogen (secondary N) is 1. The van der Waals surface area contributed by atoms with Crippen molar-refractivity contribution in [1.29, 1.82) is 0 Å². The molecule has 0 bridgehead atoms. The molecule has 0 aliphatic carbocycles. The number of nitrogens with zero attached hydrogens (tertiary/aromatic N) is 1. The highest BCUT2D eigenvalue weighted by Crippen LogP contribution is 2.15. The molecule has 0 aromatic heterocycles. The molecule has 0 radical (unpaired) electrons. The summed E-state index contributed by atoms with van der Waals surface area (Å²) in [6.45, 7) is 3.44. The van der Waals surface area contributed by atoms with Crippen molar-refractivity contribution in [1.82, 2.24) is 5.32 Å². The average Bonchev–Trinajstić information content (AvgIpc) is 2.66. The van der Waals surface area contributed by atoms with Crippen molar-refractivity contribution < 1.29 is 19.2 Å². The number of hydrogen-bond acceptors (Lipinski definition) is 5. The molecule has 0 unspecified atom stereocenters. The van der Waals surface area contributed by atoms with Crippen molar-refractivity contribution in [3.8, 4) is 0 Å². The summed E-state index contributed by atoms with van der Waals surface area (Å²) in [6.07, 6.45) is 0.939. The first-order chi connectivity index (χ1) is 12.4. The molecule has 1 amide bonds. The smallest absolute Gasteiger partial charge is 0.338 e. The summed E-state index contributed by atoms with van der Waals surface area (Å²) < 4.78 is 4.92.